The number of amides is 2. The van der Waals surface area contributed by atoms with Crippen LogP contribution in [0, 0.1) is 17.7 Å². The van der Waals surface area contributed by atoms with Crippen molar-refractivity contribution in [2.24, 2.45) is 0 Å². The van der Waals surface area contributed by atoms with Crippen LogP contribution in [0.25, 0.3) is 0 Å². The van der Waals surface area contributed by atoms with Crippen molar-refractivity contribution in [1.82, 2.24) is 4.90 Å². The molecule has 1 aliphatic rings. The van der Waals surface area contributed by atoms with Gasteiger partial charge < -0.3 is 14.8 Å². The molecule has 1 fully saturated rings. The summed E-state index contributed by atoms with van der Waals surface area (Å²) in [5.74, 6) is 4.78. The molecule has 0 aliphatic carbocycles. The number of hydrogen-bond acceptors (Lipinski definition) is 4. The van der Waals surface area contributed by atoms with Crippen LogP contribution in [-0.2, 0) is 9.53 Å². The summed E-state index contributed by atoms with van der Waals surface area (Å²) in [5, 5.41) is 2.60. The van der Waals surface area contributed by atoms with E-state index in [-0.39, 0.29) is 23.1 Å². The lowest BCUT2D eigenvalue weighted by Crippen LogP contribution is -2.45. The molecular weight excluding hydrogens is 447 g/mol. The van der Waals surface area contributed by atoms with E-state index >= 15 is 0 Å². The highest BCUT2D eigenvalue weighted by Crippen LogP contribution is 2.31. The summed E-state index contributed by atoms with van der Waals surface area (Å²) in [7, 11) is 0. The van der Waals surface area contributed by atoms with Crippen LogP contribution in [0.2, 0.25) is 5.02 Å². The molecule has 2 aromatic carbocycles. The minimum atomic E-state index is -0.754. The molecule has 1 atom stereocenters. The number of carbonyl (C=O) groups excluding carboxylic acids is 2. The van der Waals surface area contributed by atoms with Crippen molar-refractivity contribution in [3.05, 3.63) is 58.9 Å². The Morgan fingerprint density at radius 3 is 2.67 bits per heavy atom. The zero-order valence-electron chi connectivity index (χ0n) is 18.8. The molecule has 6 nitrogen and oxygen atoms in total. The molecule has 2 aromatic rings. The van der Waals surface area contributed by atoms with Gasteiger partial charge in [-0.1, -0.05) is 41.6 Å². The number of nitrogens with zero attached hydrogens (tertiary/aromatic N) is 1. The maximum Gasteiger partial charge on any atom is 0.410 e. The quantitative estimate of drug-likeness (QED) is 0.617. The second-order valence-electron chi connectivity index (χ2n) is 8.54. The Balaban J connectivity index is 1.67. The van der Waals surface area contributed by atoms with Crippen LogP contribution in [0.3, 0.4) is 0 Å². The van der Waals surface area contributed by atoms with Gasteiger partial charge in [0, 0.05) is 18.2 Å². The average Bonchev–Trinajstić information content (AvgIpc) is 3.24. The number of nitrogens with one attached hydrogen (secondary N) is 1. The first-order valence-electron chi connectivity index (χ1n) is 10.6. The predicted molar refractivity (Wildman–Crippen MR) is 125 cm³/mol. The van der Waals surface area contributed by atoms with Crippen LogP contribution in [0.5, 0.6) is 5.75 Å². The Hall–Kier alpha value is -3.24. The molecule has 1 heterocycles. The van der Waals surface area contributed by atoms with Gasteiger partial charge in [-0.25, -0.2) is 9.18 Å². The molecule has 1 saturated heterocycles. The van der Waals surface area contributed by atoms with Gasteiger partial charge in [-0.15, -0.1) is 0 Å². The molecule has 2 amide bonds. The maximum atomic E-state index is 14.5. The Morgan fingerprint density at radius 2 is 1.97 bits per heavy atom. The highest BCUT2D eigenvalue weighted by atomic mass is 35.5. The second kappa shape index (κ2) is 10.6. The Morgan fingerprint density at radius 1 is 1.24 bits per heavy atom. The van der Waals surface area contributed by atoms with Crippen LogP contribution in [0.15, 0.2) is 42.5 Å². The van der Waals surface area contributed by atoms with Crippen molar-refractivity contribution in [3.63, 3.8) is 0 Å². The molecule has 1 N–H and O–H groups in total. The number of ether oxygens (including phenoxy) is 2. The zero-order chi connectivity index (χ0) is 24.0. The lowest BCUT2D eigenvalue weighted by atomic mass is 10.2. The van der Waals surface area contributed by atoms with E-state index in [1.54, 1.807) is 20.8 Å². The van der Waals surface area contributed by atoms with Crippen LogP contribution in [0.4, 0.5) is 14.9 Å². The van der Waals surface area contributed by atoms with Crippen molar-refractivity contribution < 1.29 is 23.5 Å². The topological polar surface area (TPSA) is 67.9 Å². The molecular formula is C25H26ClFN2O4. The second-order valence-corrected chi connectivity index (χ2v) is 8.95. The van der Waals surface area contributed by atoms with Crippen LogP contribution in [-0.4, -0.2) is 41.7 Å². The first-order valence-corrected chi connectivity index (χ1v) is 11.0. The van der Waals surface area contributed by atoms with Gasteiger partial charge in [0.25, 0.3) is 0 Å². The normalized spacial score (nSPS) is 15.4. The van der Waals surface area contributed by atoms with Crippen molar-refractivity contribution in [3.8, 4) is 17.6 Å². The van der Waals surface area contributed by atoms with Crippen molar-refractivity contribution in [1.29, 1.82) is 0 Å². The van der Waals surface area contributed by atoms with Crippen molar-refractivity contribution in [2.45, 2.75) is 45.3 Å². The molecule has 0 aromatic heterocycles. The van der Waals surface area contributed by atoms with E-state index in [1.165, 1.54) is 11.0 Å². The lowest BCUT2D eigenvalue weighted by Gasteiger charge is -2.28. The fraction of sp³-hybridized carbons (Fsp3) is 0.360. The molecule has 33 heavy (non-hydrogen) atoms. The summed E-state index contributed by atoms with van der Waals surface area (Å²) >= 11 is 6.09. The zero-order valence-corrected chi connectivity index (χ0v) is 19.5. The molecule has 8 heteroatoms. The summed E-state index contributed by atoms with van der Waals surface area (Å²) < 4.78 is 25.4. The van der Waals surface area contributed by atoms with E-state index in [1.807, 2.05) is 30.3 Å². The largest absolute Gasteiger partial charge is 0.479 e. The van der Waals surface area contributed by atoms with E-state index < -0.39 is 29.5 Å². The average molecular weight is 473 g/mol. The predicted octanol–water partition coefficient (Wildman–Crippen LogP) is 5.25. The number of benzene rings is 2. The summed E-state index contributed by atoms with van der Waals surface area (Å²) in [5.41, 5.74) is 0.0651. The minimum Gasteiger partial charge on any atom is -0.479 e. The number of hydrogen-bond donors (Lipinski definition) is 1. The summed E-state index contributed by atoms with van der Waals surface area (Å²) in [6.45, 7) is 5.69. The third-order valence-corrected chi connectivity index (χ3v) is 5.06. The van der Waals surface area contributed by atoms with E-state index in [0.717, 1.165) is 11.6 Å². The van der Waals surface area contributed by atoms with Crippen LogP contribution in [0.1, 0.15) is 39.2 Å². The standard InChI is InChI=1S/C25H26ClFN2O4/c1-25(2,3)33-24(31)29-13-7-12-21(29)23(30)28-20-16-22(18(26)15-19(20)27)32-14-8-11-17-9-5-4-6-10-17/h4-6,9-10,15-16,21H,7,12-14H2,1-3H3,(H,28,30)/t21-/m0/s1. The number of halogens is 2. The van der Waals surface area contributed by atoms with Gasteiger partial charge in [-0.2, -0.15) is 0 Å². The molecule has 0 saturated carbocycles. The van der Waals surface area contributed by atoms with Gasteiger partial charge in [-0.05, 0) is 51.8 Å². The fourth-order valence-electron chi connectivity index (χ4n) is 3.30. The molecule has 1 aliphatic heterocycles. The van der Waals surface area contributed by atoms with Crippen LogP contribution >= 0.6 is 11.6 Å². The van der Waals surface area contributed by atoms with Gasteiger partial charge in [0.05, 0.1) is 10.7 Å². The molecule has 0 bridgehead atoms. The van der Waals surface area contributed by atoms with E-state index in [9.17, 15) is 14.0 Å². The summed E-state index contributed by atoms with van der Waals surface area (Å²) in [4.78, 5) is 26.6. The van der Waals surface area contributed by atoms with E-state index in [4.69, 9.17) is 21.1 Å². The van der Waals surface area contributed by atoms with E-state index in [0.29, 0.717) is 19.4 Å². The third kappa shape index (κ3) is 6.87. The number of likely N-dealkylation sites (tertiary alicyclic amines) is 1. The summed E-state index contributed by atoms with van der Waals surface area (Å²) in [6.07, 6.45) is 0.533. The van der Waals surface area contributed by atoms with Gasteiger partial charge in [0.2, 0.25) is 5.91 Å². The Labute approximate surface area is 198 Å². The fourth-order valence-corrected chi connectivity index (χ4v) is 3.51. The molecule has 0 unspecified atom stereocenters. The first kappa shape index (κ1) is 24.4. The first-order chi connectivity index (χ1) is 15.6. The number of carbonyl (C=O) groups is 2. The minimum absolute atomic E-state index is 0.0304. The molecule has 174 valence electrons. The van der Waals surface area contributed by atoms with Crippen molar-refractivity contribution >= 4 is 29.3 Å². The van der Waals surface area contributed by atoms with Gasteiger partial charge in [0.15, 0.2) is 0 Å². The van der Waals surface area contributed by atoms with E-state index in [2.05, 4.69) is 17.2 Å². The third-order valence-electron chi connectivity index (χ3n) is 4.77. The monoisotopic (exact) mass is 472 g/mol. The van der Waals surface area contributed by atoms with Gasteiger partial charge in [-0.3, -0.25) is 9.69 Å². The van der Waals surface area contributed by atoms with Crippen molar-refractivity contribution in [2.75, 3.05) is 18.5 Å². The van der Waals surface area contributed by atoms with Crippen LogP contribution < -0.4 is 10.1 Å². The lowest BCUT2D eigenvalue weighted by molar-refractivity contribution is -0.120. The maximum absolute atomic E-state index is 14.5. The van der Waals surface area contributed by atoms with Gasteiger partial charge >= 0.3 is 6.09 Å². The number of anilines is 1. The van der Waals surface area contributed by atoms with Gasteiger partial charge in [0.1, 0.15) is 29.8 Å². The number of rotatable bonds is 4. The highest BCUT2D eigenvalue weighted by Gasteiger charge is 2.37. The molecule has 0 spiro atoms. The molecule has 0 radical (unpaired) electrons. The Kier molecular flexibility index (Phi) is 7.83. The molecule has 3 rings (SSSR count). The Bertz CT molecular complexity index is 1070. The highest BCUT2D eigenvalue weighted by molar-refractivity contribution is 6.32. The SMILES string of the molecule is CC(C)(C)OC(=O)N1CCC[C@H]1C(=O)Nc1cc(OCC#Cc2ccccc2)c(Cl)cc1F. The summed E-state index contributed by atoms with van der Waals surface area (Å²) in [6, 6.07) is 11.0. The smallest absolute Gasteiger partial charge is 0.410 e.